The van der Waals surface area contributed by atoms with Crippen LogP contribution in [0.25, 0.3) is 33.2 Å². The topological polar surface area (TPSA) is 40.8 Å². The van der Waals surface area contributed by atoms with Gasteiger partial charge in [0.25, 0.3) is 0 Å². The Morgan fingerprint density at radius 2 is 1.43 bits per heavy atom. The van der Waals surface area contributed by atoms with Crippen LogP contribution in [0, 0.1) is 0 Å². The lowest BCUT2D eigenvalue weighted by Gasteiger charge is -2.22. The van der Waals surface area contributed by atoms with Crippen molar-refractivity contribution >= 4 is 10.8 Å². The third-order valence-corrected chi connectivity index (χ3v) is 7.85. The van der Waals surface area contributed by atoms with Crippen molar-refractivity contribution in [3.63, 3.8) is 0 Å². The van der Waals surface area contributed by atoms with Crippen LogP contribution in [0.3, 0.4) is 0 Å². The number of fused-ring (bicyclic) bond motifs is 4. The Bertz CT molecular complexity index is 1680. The van der Waals surface area contributed by atoms with E-state index in [0.717, 1.165) is 53.3 Å². The molecular weight excluding hydrogens is 498 g/mol. The Kier molecular flexibility index (Phi) is 7.04. The van der Waals surface area contributed by atoms with Gasteiger partial charge in [-0.1, -0.05) is 61.5 Å². The average molecular weight is 533 g/mol. The molecule has 1 aromatic heterocycles. The van der Waals surface area contributed by atoms with Crippen molar-refractivity contribution in [1.29, 1.82) is 0 Å². The molecule has 1 aliphatic rings. The molecule has 0 N–H and O–H groups in total. The molecule has 0 atom stereocenters. The van der Waals surface area contributed by atoms with Gasteiger partial charge in [0, 0.05) is 17.4 Å². The number of nitrogens with zero attached hydrogens (tertiary/aromatic N) is 1. The van der Waals surface area contributed by atoms with Crippen molar-refractivity contribution in [2.24, 2.45) is 0 Å². The van der Waals surface area contributed by atoms with Crippen molar-refractivity contribution in [2.45, 2.75) is 32.9 Å². The fraction of sp³-hybridized carbons (Fsp3) is 0.229. The minimum Gasteiger partial charge on any atom is -0.493 e. The lowest BCUT2D eigenvalue weighted by molar-refractivity contribution is -0.686. The summed E-state index contributed by atoms with van der Waals surface area (Å²) in [5.74, 6) is 3.02. The van der Waals surface area contributed by atoms with Gasteiger partial charge in [0.05, 0.1) is 32.3 Å². The Balaban J connectivity index is 1.40. The van der Waals surface area contributed by atoms with Crippen LogP contribution in [0.2, 0.25) is 0 Å². The standard InChI is InChI=1S/C35H34NO4/c1-5-27-28-15-16-31(37-2)35(40-22-23-11-13-25(14-12-23)24-9-7-6-8-10-24)30(28)21-36-18-17-26-19-32(38-3)33(39-4)20-29(26)34(27)36/h6-16,19-21H,5,17-18,22H2,1-4H3/q+1. The van der Waals surface area contributed by atoms with E-state index in [-0.39, 0.29) is 0 Å². The summed E-state index contributed by atoms with van der Waals surface area (Å²) in [6.45, 7) is 3.54. The van der Waals surface area contributed by atoms with Gasteiger partial charge < -0.3 is 18.9 Å². The number of ether oxygens (including phenoxy) is 4. The minimum atomic E-state index is 0.452. The summed E-state index contributed by atoms with van der Waals surface area (Å²) in [5, 5.41) is 2.23. The smallest absolute Gasteiger partial charge is 0.216 e. The summed E-state index contributed by atoms with van der Waals surface area (Å²) < 4.78 is 25.9. The number of benzene rings is 4. The van der Waals surface area contributed by atoms with Crippen LogP contribution in [-0.2, 0) is 26.0 Å². The van der Waals surface area contributed by atoms with E-state index in [4.69, 9.17) is 18.9 Å². The number of pyridine rings is 1. The zero-order valence-corrected chi connectivity index (χ0v) is 23.5. The summed E-state index contributed by atoms with van der Waals surface area (Å²) in [6, 6.07) is 27.4. The number of hydrogen-bond acceptors (Lipinski definition) is 4. The van der Waals surface area contributed by atoms with E-state index < -0.39 is 0 Å². The van der Waals surface area contributed by atoms with E-state index in [9.17, 15) is 0 Å². The summed E-state index contributed by atoms with van der Waals surface area (Å²) >= 11 is 0. The predicted octanol–water partition coefficient (Wildman–Crippen LogP) is 7.18. The molecule has 0 bridgehead atoms. The van der Waals surface area contributed by atoms with Crippen LogP contribution < -0.4 is 23.5 Å². The molecule has 5 aromatic rings. The maximum atomic E-state index is 6.52. The van der Waals surface area contributed by atoms with Crippen molar-refractivity contribution in [3.8, 4) is 45.4 Å². The molecule has 1 aliphatic heterocycles. The molecule has 2 heterocycles. The van der Waals surface area contributed by atoms with Crippen LogP contribution >= 0.6 is 0 Å². The molecule has 0 aliphatic carbocycles. The largest absolute Gasteiger partial charge is 0.493 e. The molecule has 0 amide bonds. The summed E-state index contributed by atoms with van der Waals surface area (Å²) in [7, 11) is 5.07. The lowest BCUT2D eigenvalue weighted by Crippen LogP contribution is -2.41. The van der Waals surface area contributed by atoms with Gasteiger partial charge in [-0.15, -0.1) is 0 Å². The van der Waals surface area contributed by atoms with Gasteiger partial charge in [-0.2, -0.15) is 4.57 Å². The molecule has 40 heavy (non-hydrogen) atoms. The van der Waals surface area contributed by atoms with E-state index in [1.165, 1.54) is 38.9 Å². The highest BCUT2D eigenvalue weighted by Gasteiger charge is 2.31. The van der Waals surface area contributed by atoms with Crippen molar-refractivity contribution in [3.05, 3.63) is 102 Å². The highest BCUT2D eigenvalue weighted by molar-refractivity contribution is 5.95. The van der Waals surface area contributed by atoms with Gasteiger partial charge in [-0.05, 0) is 52.9 Å². The molecule has 4 aromatic carbocycles. The van der Waals surface area contributed by atoms with Gasteiger partial charge in [0.2, 0.25) is 5.69 Å². The highest BCUT2D eigenvalue weighted by atomic mass is 16.5. The molecule has 202 valence electrons. The Morgan fingerprint density at radius 1 is 0.725 bits per heavy atom. The third-order valence-electron chi connectivity index (χ3n) is 7.85. The zero-order chi connectivity index (χ0) is 27.6. The molecule has 0 fully saturated rings. The maximum Gasteiger partial charge on any atom is 0.216 e. The molecule has 0 spiro atoms. The van der Waals surface area contributed by atoms with E-state index in [2.05, 4.69) is 84.4 Å². The van der Waals surface area contributed by atoms with Crippen LogP contribution in [-0.4, -0.2) is 21.3 Å². The van der Waals surface area contributed by atoms with Crippen molar-refractivity contribution < 1.29 is 23.5 Å². The lowest BCUT2D eigenvalue weighted by atomic mass is 9.90. The number of aryl methyl sites for hydroxylation is 3. The first-order valence-corrected chi connectivity index (χ1v) is 13.7. The first-order chi connectivity index (χ1) is 19.6. The van der Waals surface area contributed by atoms with E-state index in [0.29, 0.717) is 6.61 Å². The maximum absolute atomic E-state index is 6.52. The SMILES string of the molecule is CCc1c2[n+](cc3c(OCc4ccc(-c5ccccc5)cc4)c(OC)ccc13)CCc1cc(OC)c(OC)cc1-2. The number of methoxy groups -OCH3 is 3. The van der Waals surface area contributed by atoms with Gasteiger partial charge in [0.1, 0.15) is 6.61 Å². The normalized spacial score (nSPS) is 12.0. The van der Waals surface area contributed by atoms with E-state index in [1.54, 1.807) is 21.3 Å². The van der Waals surface area contributed by atoms with Crippen molar-refractivity contribution in [2.75, 3.05) is 21.3 Å². The molecule has 5 nitrogen and oxygen atoms in total. The van der Waals surface area contributed by atoms with Crippen LogP contribution in [0.5, 0.6) is 23.0 Å². The first-order valence-electron chi connectivity index (χ1n) is 13.7. The molecular formula is C35H34NO4+. The van der Waals surface area contributed by atoms with E-state index in [1.807, 2.05) is 12.1 Å². The summed E-state index contributed by atoms with van der Waals surface area (Å²) in [5.41, 5.74) is 8.48. The second-order valence-electron chi connectivity index (χ2n) is 10.0. The van der Waals surface area contributed by atoms with Gasteiger partial charge in [-0.25, -0.2) is 0 Å². The quantitative estimate of drug-likeness (QED) is 0.199. The first kappa shape index (κ1) is 25.8. The predicted molar refractivity (Wildman–Crippen MR) is 159 cm³/mol. The number of hydrogen-bond donors (Lipinski definition) is 0. The zero-order valence-electron chi connectivity index (χ0n) is 23.5. The van der Waals surface area contributed by atoms with Gasteiger partial charge >= 0.3 is 0 Å². The molecule has 6 rings (SSSR count). The summed E-state index contributed by atoms with van der Waals surface area (Å²) in [6.07, 6.45) is 4.02. The van der Waals surface area contributed by atoms with E-state index >= 15 is 0 Å². The minimum absolute atomic E-state index is 0.452. The number of rotatable bonds is 8. The molecule has 0 saturated heterocycles. The average Bonchev–Trinajstić information content (AvgIpc) is 3.02. The Morgan fingerprint density at radius 3 is 2.12 bits per heavy atom. The van der Waals surface area contributed by atoms with Crippen LogP contribution in [0.1, 0.15) is 23.6 Å². The van der Waals surface area contributed by atoms with Crippen LogP contribution in [0.4, 0.5) is 0 Å². The molecule has 0 radical (unpaired) electrons. The second-order valence-corrected chi connectivity index (χ2v) is 10.0. The highest BCUT2D eigenvalue weighted by Crippen LogP contribution is 2.42. The van der Waals surface area contributed by atoms with Crippen LogP contribution in [0.15, 0.2) is 85.1 Å². The van der Waals surface area contributed by atoms with Crippen molar-refractivity contribution in [1.82, 2.24) is 0 Å². The Hall–Kier alpha value is -4.51. The second kappa shape index (κ2) is 10.9. The van der Waals surface area contributed by atoms with Gasteiger partial charge in [-0.3, -0.25) is 0 Å². The number of aromatic nitrogens is 1. The Labute approximate surface area is 235 Å². The summed E-state index contributed by atoms with van der Waals surface area (Å²) in [4.78, 5) is 0. The molecule has 0 saturated carbocycles. The third kappa shape index (κ3) is 4.51. The molecule has 5 heteroatoms. The molecule has 0 unspecified atom stereocenters. The fourth-order valence-electron chi connectivity index (χ4n) is 5.82. The fourth-order valence-corrected chi connectivity index (χ4v) is 5.82. The van der Waals surface area contributed by atoms with Gasteiger partial charge in [0.15, 0.2) is 35.7 Å². The monoisotopic (exact) mass is 532 g/mol.